The molecule has 0 N–H and O–H groups in total. The van der Waals surface area contributed by atoms with Crippen LogP contribution in [0.1, 0.15) is 33.1 Å². The normalized spacial score (nSPS) is 30.9. The molecule has 2 nitrogen and oxygen atoms in total. The van der Waals surface area contributed by atoms with Crippen LogP contribution in [0.3, 0.4) is 0 Å². The Bertz CT molecular complexity index is 140. The fourth-order valence-electron chi connectivity index (χ4n) is 1.48. The second-order valence-corrected chi connectivity index (χ2v) is 3.87. The molecule has 0 aliphatic carbocycles. The van der Waals surface area contributed by atoms with Crippen molar-refractivity contribution in [3.05, 3.63) is 0 Å². The highest BCUT2D eigenvalue weighted by Crippen LogP contribution is 2.31. The first-order valence-electron chi connectivity index (χ1n) is 4.24. The van der Waals surface area contributed by atoms with E-state index in [0.29, 0.717) is 0 Å². The molecule has 1 saturated heterocycles. The molecule has 64 valence electrons. The first-order chi connectivity index (χ1) is 5.17. The van der Waals surface area contributed by atoms with E-state index >= 15 is 0 Å². The summed E-state index contributed by atoms with van der Waals surface area (Å²) in [6.45, 7) is 4.93. The molecule has 2 heteroatoms. The van der Waals surface area contributed by atoms with Crippen molar-refractivity contribution in [2.24, 2.45) is 5.41 Å². The molecule has 1 heterocycles. The van der Waals surface area contributed by atoms with Gasteiger partial charge < -0.3 is 9.53 Å². The van der Waals surface area contributed by atoms with Gasteiger partial charge >= 0.3 is 0 Å². The molecule has 1 aliphatic heterocycles. The lowest BCUT2D eigenvalue weighted by Crippen LogP contribution is -2.31. The minimum atomic E-state index is -0.190. The van der Waals surface area contributed by atoms with Crippen LogP contribution >= 0.6 is 0 Å². The summed E-state index contributed by atoms with van der Waals surface area (Å²) < 4.78 is 5.40. The third-order valence-electron chi connectivity index (χ3n) is 2.41. The number of hydrogen-bond donors (Lipinski definition) is 0. The van der Waals surface area contributed by atoms with Crippen LogP contribution in [0.2, 0.25) is 0 Å². The van der Waals surface area contributed by atoms with Crippen LogP contribution in [0, 0.1) is 5.41 Å². The first-order valence-corrected chi connectivity index (χ1v) is 4.24. The second kappa shape index (κ2) is 3.35. The Morgan fingerprint density at radius 3 is 2.82 bits per heavy atom. The molecule has 1 rings (SSSR count). The quantitative estimate of drug-likeness (QED) is 0.541. The number of rotatable bonds is 1. The Kier molecular flexibility index (Phi) is 2.66. The van der Waals surface area contributed by atoms with Crippen LogP contribution in [0.25, 0.3) is 0 Å². The van der Waals surface area contributed by atoms with Gasteiger partial charge in [0.1, 0.15) is 12.4 Å². The van der Waals surface area contributed by atoms with E-state index in [1.165, 1.54) is 6.42 Å². The molecule has 1 fully saturated rings. The maximum Gasteiger partial charge on any atom is 0.149 e. The van der Waals surface area contributed by atoms with Gasteiger partial charge in [0.25, 0.3) is 0 Å². The molecular formula is C9H16O2. The summed E-state index contributed by atoms with van der Waals surface area (Å²) in [7, 11) is 0. The van der Waals surface area contributed by atoms with Crippen molar-refractivity contribution in [3.8, 4) is 0 Å². The van der Waals surface area contributed by atoms with E-state index < -0.39 is 0 Å². The highest BCUT2D eigenvalue weighted by atomic mass is 16.5. The first kappa shape index (κ1) is 8.72. The topological polar surface area (TPSA) is 26.3 Å². The van der Waals surface area contributed by atoms with Gasteiger partial charge in [-0.05, 0) is 18.3 Å². The van der Waals surface area contributed by atoms with E-state index in [-0.39, 0.29) is 11.5 Å². The molecular weight excluding hydrogens is 140 g/mol. The third-order valence-corrected chi connectivity index (χ3v) is 2.41. The van der Waals surface area contributed by atoms with Gasteiger partial charge in [0.2, 0.25) is 0 Å². The molecule has 0 radical (unpaired) electrons. The summed E-state index contributed by atoms with van der Waals surface area (Å²) in [5.41, 5.74) is 0.0399. The molecule has 1 unspecified atom stereocenters. The lowest BCUT2D eigenvalue weighted by Gasteiger charge is -2.27. The predicted molar refractivity (Wildman–Crippen MR) is 43.4 cm³/mol. The van der Waals surface area contributed by atoms with Crippen molar-refractivity contribution < 1.29 is 9.53 Å². The lowest BCUT2D eigenvalue weighted by molar-refractivity contribution is -0.124. The number of hydrogen-bond acceptors (Lipinski definition) is 2. The van der Waals surface area contributed by atoms with Crippen molar-refractivity contribution in [2.75, 3.05) is 6.61 Å². The Morgan fingerprint density at radius 2 is 2.18 bits per heavy atom. The van der Waals surface area contributed by atoms with E-state index in [2.05, 4.69) is 13.8 Å². The van der Waals surface area contributed by atoms with Crippen LogP contribution in [0.5, 0.6) is 0 Å². The Balaban J connectivity index is 2.63. The summed E-state index contributed by atoms with van der Waals surface area (Å²) in [4.78, 5) is 10.6. The van der Waals surface area contributed by atoms with Gasteiger partial charge in [-0.2, -0.15) is 0 Å². The van der Waals surface area contributed by atoms with Gasteiger partial charge in [0.05, 0.1) is 0 Å². The molecule has 1 atom stereocenters. The molecule has 0 spiro atoms. The molecule has 0 aromatic rings. The fourth-order valence-corrected chi connectivity index (χ4v) is 1.48. The van der Waals surface area contributed by atoms with Gasteiger partial charge in [-0.1, -0.05) is 20.3 Å². The number of carbonyl (C=O) groups is 1. The largest absolute Gasteiger partial charge is 0.370 e. The molecule has 0 aromatic heterocycles. The SMILES string of the molecule is CC1(C)CCCCOC1C=O. The minimum absolute atomic E-state index is 0.0399. The average Bonchev–Trinajstić information content (AvgIpc) is 2.10. The predicted octanol–water partition coefficient (Wildman–Crippen LogP) is 1.78. The van der Waals surface area contributed by atoms with E-state index in [0.717, 1.165) is 25.7 Å². The number of carbonyl (C=O) groups excluding carboxylic acids is 1. The summed E-state index contributed by atoms with van der Waals surface area (Å²) in [6.07, 6.45) is 4.11. The second-order valence-electron chi connectivity index (χ2n) is 3.87. The van der Waals surface area contributed by atoms with Gasteiger partial charge in [-0.25, -0.2) is 0 Å². The monoisotopic (exact) mass is 156 g/mol. The van der Waals surface area contributed by atoms with E-state index in [1.807, 2.05) is 0 Å². The maximum atomic E-state index is 10.6. The van der Waals surface area contributed by atoms with Gasteiger partial charge in [-0.15, -0.1) is 0 Å². The highest BCUT2D eigenvalue weighted by Gasteiger charge is 2.31. The smallest absolute Gasteiger partial charge is 0.149 e. The van der Waals surface area contributed by atoms with Crippen LogP contribution < -0.4 is 0 Å². The molecule has 0 amide bonds. The summed E-state index contributed by atoms with van der Waals surface area (Å²) in [5.74, 6) is 0. The number of aldehydes is 1. The van der Waals surface area contributed by atoms with E-state index in [4.69, 9.17) is 4.74 Å². The highest BCUT2D eigenvalue weighted by molar-refractivity contribution is 5.57. The van der Waals surface area contributed by atoms with Gasteiger partial charge in [0.15, 0.2) is 0 Å². The summed E-state index contributed by atoms with van der Waals surface area (Å²) in [6, 6.07) is 0. The van der Waals surface area contributed by atoms with Crippen LogP contribution in [-0.2, 0) is 9.53 Å². The molecule has 0 aromatic carbocycles. The third kappa shape index (κ3) is 2.03. The molecule has 11 heavy (non-hydrogen) atoms. The van der Waals surface area contributed by atoms with E-state index in [1.54, 1.807) is 0 Å². The van der Waals surface area contributed by atoms with Crippen molar-refractivity contribution in [2.45, 2.75) is 39.2 Å². The number of ether oxygens (including phenoxy) is 1. The fraction of sp³-hybridized carbons (Fsp3) is 0.889. The van der Waals surface area contributed by atoms with Crippen molar-refractivity contribution in [3.63, 3.8) is 0 Å². The minimum Gasteiger partial charge on any atom is -0.370 e. The zero-order valence-corrected chi connectivity index (χ0v) is 7.30. The average molecular weight is 156 g/mol. The molecule has 0 bridgehead atoms. The lowest BCUT2D eigenvalue weighted by atomic mass is 9.83. The summed E-state index contributed by atoms with van der Waals surface area (Å²) in [5, 5.41) is 0. The van der Waals surface area contributed by atoms with Crippen LogP contribution in [-0.4, -0.2) is 19.0 Å². The van der Waals surface area contributed by atoms with E-state index in [9.17, 15) is 4.79 Å². The Hall–Kier alpha value is -0.370. The standard InChI is InChI=1S/C9H16O2/c1-9(2)5-3-4-6-11-8(9)7-10/h7-8H,3-6H2,1-2H3. The van der Waals surface area contributed by atoms with Gasteiger partial charge in [0, 0.05) is 6.61 Å². The Morgan fingerprint density at radius 1 is 1.45 bits per heavy atom. The zero-order valence-electron chi connectivity index (χ0n) is 7.30. The molecule has 0 saturated carbocycles. The van der Waals surface area contributed by atoms with Crippen molar-refractivity contribution >= 4 is 6.29 Å². The molecule has 1 aliphatic rings. The van der Waals surface area contributed by atoms with Crippen molar-refractivity contribution in [1.82, 2.24) is 0 Å². The van der Waals surface area contributed by atoms with Crippen LogP contribution in [0.4, 0.5) is 0 Å². The summed E-state index contributed by atoms with van der Waals surface area (Å²) >= 11 is 0. The maximum absolute atomic E-state index is 10.6. The van der Waals surface area contributed by atoms with Crippen molar-refractivity contribution in [1.29, 1.82) is 0 Å². The van der Waals surface area contributed by atoms with Crippen LogP contribution in [0.15, 0.2) is 0 Å². The van der Waals surface area contributed by atoms with Gasteiger partial charge in [-0.3, -0.25) is 0 Å². The zero-order chi connectivity index (χ0) is 8.32. The Labute approximate surface area is 67.9 Å².